The first kappa shape index (κ1) is 16.4. The zero-order valence-corrected chi connectivity index (χ0v) is 13.9. The molecule has 2 aromatic carbocycles. The van der Waals surface area contributed by atoms with Crippen LogP contribution in [0.4, 0.5) is 4.39 Å². The van der Waals surface area contributed by atoms with Crippen molar-refractivity contribution in [2.75, 3.05) is 7.05 Å². The van der Waals surface area contributed by atoms with Crippen LogP contribution in [-0.2, 0) is 19.5 Å². The van der Waals surface area contributed by atoms with E-state index in [1.54, 1.807) is 6.07 Å². The first-order chi connectivity index (χ1) is 11.5. The summed E-state index contributed by atoms with van der Waals surface area (Å²) in [6.07, 6.45) is 0.892. The monoisotopic (exact) mass is 325 g/mol. The number of benzene rings is 2. The summed E-state index contributed by atoms with van der Waals surface area (Å²) in [6.45, 7) is 3.26. The lowest BCUT2D eigenvalue weighted by molar-refractivity contribution is 0.319. The molecule has 0 spiro atoms. The molecule has 0 saturated carbocycles. The Morgan fingerprint density at radius 2 is 1.88 bits per heavy atom. The van der Waals surface area contributed by atoms with Crippen molar-refractivity contribution in [3.8, 4) is 0 Å². The minimum atomic E-state index is -0.343. The van der Waals surface area contributed by atoms with Gasteiger partial charge in [-0.05, 0) is 48.4 Å². The summed E-state index contributed by atoms with van der Waals surface area (Å²) in [4.78, 5) is 13.9. The van der Waals surface area contributed by atoms with E-state index in [0.717, 1.165) is 28.5 Å². The van der Waals surface area contributed by atoms with E-state index in [0.29, 0.717) is 18.7 Å². The summed E-state index contributed by atoms with van der Waals surface area (Å²) in [5, 5.41) is 0.942. The van der Waals surface area contributed by atoms with Gasteiger partial charge in [0.05, 0.1) is 0 Å². The number of rotatable bonds is 5. The predicted molar refractivity (Wildman–Crippen MR) is 93.4 cm³/mol. The Labute approximate surface area is 140 Å². The highest BCUT2D eigenvalue weighted by atomic mass is 19.1. The minimum absolute atomic E-state index is 0.237. The molecule has 0 amide bonds. The maximum absolute atomic E-state index is 13.3. The molecule has 0 aliphatic rings. The van der Waals surface area contributed by atoms with Crippen LogP contribution in [0, 0.1) is 5.82 Å². The molecular formula is C20H20FNO2. The van der Waals surface area contributed by atoms with E-state index in [9.17, 15) is 9.18 Å². The molecule has 1 heterocycles. The van der Waals surface area contributed by atoms with Gasteiger partial charge in [0.1, 0.15) is 11.4 Å². The smallest absolute Gasteiger partial charge is 0.336 e. The highest BCUT2D eigenvalue weighted by molar-refractivity contribution is 5.80. The van der Waals surface area contributed by atoms with Gasteiger partial charge in [-0.2, -0.15) is 0 Å². The predicted octanol–water partition coefficient (Wildman–Crippen LogP) is 4.13. The van der Waals surface area contributed by atoms with Crippen LogP contribution in [-0.4, -0.2) is 11.9 Å². The Morgan fingerprint density at radius 1 is 1.04 bits per heavy atom. The summed E-state index contributed by atoms with van der Waals surface area (Å²) in [7, 11) is 1.95. The zero-order chi connectivity index (χ0) is 17.1. The molecule has 4 heteroatoms. The first-order valence-corrected chi connectivity index (χ1v) is 8.04. The number of aryl methyl sites for hydroxylation is 1. The fraction of sp³-hybridized carbons (Fsp3) is 0.250. The molecule has 0 radical (unpaired) electrons. The Bertz CT molecular complexity index is 917. The van der Waals surface area contributed by atoms with Gasteiger partial charge in [0.25, 0.3) is 0 Å². The van der Waals surface area contributed by atoms with Crippen molar-refractivity contribution < 1.29 is 8.81 Å². The number of halogens is 1. The van der Waals surface area contributed by atoms with E-state index < -0.39 is 0 Å². The van der Waals surface area contributed by atoms with Gasteiger partial charge in [-0.15, -0.1) is 0 Å². The topological polar surface area (TPSA) is 33.5 Å². The van der Waals surface area contributed by atoms with Crippen molar-refractivity contribution in [1.82, 2.24) is 4.90 Å². The highest BCUT2D eigenvalue weighted by Gasteiger charge is 2.09. The molecule has 0 saturated heterocycles. The third kappa shape index (κ3) is 3.71. The Kier molecular flexibility index (Phi) is 4.76. The average Bonchev–Trinajstić information content (AvgIpc) is 2.53. The van der Waals surface area contributed by atoms with Crippen molar-refractivity contribution >= 4 is 11.0 Å². The molecule has 0 atom stereocenters. The average molecular weight is 325 g/mol. The van der Waals surface area contributed by atoms with Crippen LogP contribution in [0.3, 0.4) is 0 Å². The molecular weight excluding hydrogens is 305 g/mol. The van der Waals surface area contributed by atoms with Gasteiger partial charge >= 0.3 is 5.63 Å². The van der Waals surface area contributed by atoms with E-state index >= 15 is 0 Å². The summed E-state index contributed by atoms with van der Waals surface area (Å²) in [5.74, 6) is -0.237. The number of nitrogens with zero attached hydrogens (tertiary/aromatic N) is 1. The van der Waals surface area contributed by atoms with Crippen LogP contribution in [0.15, 0.2) is 57.7 Å². The van der Waals surface area contributed by atoms with Gasteiger partial charge in [-0.3, -0.25) is 4.90 Å². The highest BCUT2D eigenvalue weighted by Crippen LogP contribution is 2.20. The van der Waals surface area contributed by atoms with Crippen LogP contribution >= 0.6 is 0 Å². The molecule has 0 unspecified atom stereocenters. The van der Waals surface area contributed by atoms with Crippen molar-refractivity contribution in [2.45, 2.75) is 26.4 Å². The lowest BCUT2D eigenvalue weighted by atomic mass is 10.1. The van der Waals surface area contributed by atoms with Crippen molar-refractivity contribution in [2.24, 2.45) is 0 Å². The molecule has 0 bridgehead atoms. The third-order valence-corrected chi connectivity index (χ3v) is 4.08. The van der Waals surface area contributed by atoms with Gasteiger partial charge in [0, 0.05) is 24.5 Å². The van der Waals surface area contributed by atoms with E-state index in [4.69, 9.17) is 4.42 Å². The number of hydrogen-bond donors (Lipinski definition) is 0. The normalized spacial score (nSPS) is 11.3. The second-order valence-electron chi connectivity index (χ2n) is 6.08. The second-order valence-corrected chi connectivity index (χ2v) is 6.08. The SMILES string of the molecule is CCc1ccc2c(CN(C)Cc3cccc(F)c3)cc(=O)oc2c1. The van der Waals surface area contributed by atoms with E-state index in [1.807, 2.05) is 25.2 Å². The fourth-order valence-corrected chi connectivity index (χ4v) is 2.92. The lowest BCUT2D eigenvalue weighted by Gasteiger charge is -2.18. The third-order valence-electron chi connectivity index (χ3n) is 4.08. The molecule has 124 valence electrons. The van der Waals surface area contributed by atoms with Gasteiger partial charge in [-0.25, -0.2) is 9.18 Å². The zero-order valence-electron chi connectivity index (χ0n) is 13.9. The van der Waals surface area contributed by atoms with Gasteiger partial charge in [-0.1, -0.05) is 31.2 Å². The van der Waals surface area contributed by atoms with Crippen LogP contribution in [0.5, 0.6) is 0 Å². The van der Waals surface area contributed by atoms with E-state index in [-0.39, 0.29) is 11.4 Å². The van der Waals surface area contributed by atoms with Crippen LogP contribution in [0.25, 0.3) is 11.0 Å². The maximum atomic E-state index is 13.3. The molecule has 0 aliphatic heterocycles. The largest absolute Gasteiger partial charge is 0.423 e. The van der Waals surface area contributed by atoms with E-state index in [1.165, 1.54) is 18.2 Å². The fourth-order valence-electron chi connectivity index (χ4n) is 2.92. The Morgan fingerprint density at radius 3 is 2.62 bits per heavy atom. The van der Waals surface area contributed by atoms with Crippen LogP contribution in [0.1, 0.15) is 23.6 Å². The first-order valence-electron chi connectivity index (χ1n) is 8.04. The molecule has 3 rings (SSSR count). The van der Waals surface area contributed by atoms with Gasteiger partial charge < -0.3 is 4.42 Å². The molecule has 24 heavy (non-hydrogen) atoms. The quantitative estimate of drug-likeness (QED) is 0.662. The number of hydrogen-bond acceptors (Lipinski definition) is 3. The van der Waals surface area contributed by atoms with Gasteiger partial charge in [0.2, 0.25) is 0 Å². The Balaban J connectivity index is 1.87. The summed E-state index contributed by atoms with van der Waals surface area (Å²) in [6, 6.07) is 14.1. The standard InChI is InChI=1S/C20H20FNO2/c1-3-14-7-8-18-16(11-20(23)24-19(18)10-14)13-22(2)12-15-5-4-6-17(21)9-15/h4-11H,3,12-13H2,1-2H3. The van der Waals surface area contributed by atoms with Gasteiger partial charge in [0.15, 0.2) is 0 Å². The molecule has 3 nitrogen and oxygen atoms in total. The second kappa shape index (κ2) is 6.97. The molecule has 3 aromatic rings. The summed E-state index contributed by atoms with van der Waals surface area (Å²) >= 11 is 0. The molecule has 0 aliphatic carbocycles. The van der Waals surface area contributed by atoms with Crippen molar-refractivity contribution in [3.63, 3.8) is 0 Å². The van der Waals surface area contributed by atoms with Crippen molar-refractivity contribution in [3.05, 3.63) is 81.5 Å². The van der Waals surface area contributed by atoms with Crippen LogP contribution in [0.2, 0.25) is 0 Å². The Hall–Kier alpha value is -2.46. The minimum Gasteiger partial charge on any atom is -0.423 e. The summed E-state index contributed by atoms with van der Waals surface area (Å²) in [5.41, 5.74) is 3.23. The summed E-state index contributed by atoms with van der Waals surface area (Å²) < 4.78 is 18.6. The molecule has 1 aromatic heterocycles. The van der Waals surface area contributed by atoms with Crippen LogP contribution < -0.4 is 5.63 Å². The molecule has 0 fully saturated rings. The van der Waals surface area contributed by atoms with E-state index in [2.05, 4.69) is 17.9 Å². The molecule has 0 N–H and O–H groups in total. The van der Waals surface area contributed by atoms with Crippen molar-refractivity contribution in [1.29, 1.82) is 0 Å². The lowest BCUT2D eigenvalue weighted by Crippen LogP contribution is -2.18. The number of fused-ring (bicyclic) bond motifs is 1. The maximum Gasteiger partial charge on any atom is 0.336 e.